The highest BCUT2D eigenvalue weighted by molar-refractivity contribution is 7.99. The van der Waals surface area contributed by atoms with Gasteiger partial charge in [-0.15, -0.1) is 10.2 Å². The van der Waals surface area contributed by atoms with Crippen LogP contribution < -0.4 is 11.1 Å². The summed E-state index contributed by atoms with van der Waals surface area (Å²) in [5.74, 6) is -0.114. The van der Waals surface area contributed by atoms with Crippen LogP contribution in [0, 0.1) is 0 Å². The van der Waals surface area contributed by atoms with Crippen molar-refractivity contribution in [1.82, 2.24) is 25.1 Å². The van der Waals surface area contributed by atoms with Gasteiger partial charge in [-0.2, -0.15) is 9.77 Å². The number of carbonyl (C=O) groups is 1. The second kappa shape index (κ2) is 6.67. The second-order valence-corrected chi connectivity index (χ2v) is 5.60. The number of nitrogens with zero attached hydrogens (tertiary/aromatic N) is 4. The Hall–Kier alpha value is -2.59. The maximum atomic E-state index is 11.7. The summed E-state index contributed by atoms with van der Waals surface area (Å²) in [5, 5.41) is 14.2. The van der Waals surface area contributed by atoms with Crippen LogP contribution in [0.25, 0.3) is 11.5 Å². The molecule has 3 rings (SSSR count). The monoisotopic (exact) mass is 352 g/mol. The number of aromatic nitrogens is 5. The number of carbonyl (C=O) groups excluding carboxylic acids is 1. The number of nitrogens with one attached hydrogen (secondary N) is 2. The molecule has 0 unspecified atom stereocenters. The van der Waals surface area contributed by atoms with Gasteiger partial charge in [0.1, 0.15) is 6.33 Å². The van der Waals surface area contributed by atoms with E-state index in [1.54, 1.807) is 24.3 Å². The van der Waals surface area contributed by atoms with Crippen LogP contribution in [0.2, 0.25) is 5.02 Å². The highest BCUT2D eigenvalue weighted by Gasteiger charge is 2.12. The summed E-state index contributed by atoms with van der Waals surface area (Å²) in [4.78, 5) is 22.9. The third kappa shape index (κ3) is 3.79. The summed E-state index contributed by atoms with van der Waals surface area (Å²) in [5.41, 5.74) is 2.50. The first-order chi connectivity index (χ1) is 11.1. The number of H-pyrrole nitrogens is 1. The van der Waals surface area contributed by atoms with Crippen LogP contribution in [-0.4, -0.2) is 36.7 Å². The lowest BCUT2D eigenvalue weighted by atomic mass is 10.2. The van der Waals surface area contributed by atoms with Gasteiger partial charge < -0.3 is 4.42 Å². The highest BCUT2D eigenvalue weighted by atomic mass is 35.5. The van der Waals surface area contributed by atoms with Crippen LogP contribution in [0.4, 0.5) is 0 Å². The number of amides is 1. The topological polar surface area (TPSA) is 119 Å². The average molecular weight is 353 g/mol. The minimum atomic E-state index is -0.538. The van der Waals surface area contributed by atoms with E-state index in [4.69, 9.17) is 16.0 Å². The van der Waals surface area contributed by atoms with Crippen LogP contribution in [0.3, 0.4) is 0 Å². The van der Waals surface area contributed by atoms with Crippen LogP contribution in [-0.2, 0) is 4.79 Å². The Morgan fingerprint density at radius 2 is 2.30 bits per heavy atom. The summed E-state index contributed by atoms with van der Waals surface area (Å²) in [6, 6.07) is 6.98. The molecule has 0 bridgehead atoms. The molecule has 2 heterocycles. The lowest BCUT2D eigenvalue weighted by Gasteiger charge is -2.01. The summed E-state index contributed by atoms with van der Waals surface area (Å²) in [6.07, 6.45) is 1.16. The molecule has 2 N–H and O–H groups in total. The number of hydrogen-bond acceptors (Lipinski definition) is 7. The van der Waals surface area contributed by atoms with E-state index < -0.39 is 11.6 Å². The van der Waals surface area contributed by atoms with Crippen molar-refractivity contribution in [3.8, 4) is 11.5 Å². The van der Waals surface area contributed by atoms with E-state index in [2.05, 4.69) is 25.8 Å². The molecule has 0 radical (unpaired) electrons. The van der Waals surface area contributed by atoms with Crippen molar-refractivity contribution in [1.29, 1.82) is 0 Å². The molecule has 2 aromatic heterocycles. The zero-order valence-electron chi connectivity index (χ0n) is 11.4. The van der Waals surface area contributed by atoms with Crippen LogP contribution >= 0.6 is 23.4 Å². The Morgan fingerprint density at radius 1 is 1.43 bits per heavy atom. The third-order valence-corrected chi connectivity index (χ3v) is 3.66. The van der Waals surface area contributed by atoms with Gasteiger partial charge in [0.05, 0.1) is 5.75 Å². The van der Waals surface area contributed by atoms with Crippen molar-refractivity contribution in [2.24, 2.45) is 0 Å². The number of hydrogen-bond donors (Lipinski definition) is 2. The summed E-state index contributed by atoms with van der Waals surface area (Å²) in [7, 11) is 0. The van der Waals surface area contributed by atoms with Gasteiger partial charge in [0.2, 0.25) is 11.8 Å². The van der Waals surface area contributed by atoms with Gasteiger partial charge in [-0.3, -0.25) is 10.2 Å². The minimum absolute atomic E-state index is 0.00516. The fourth-order valence-electron chi connectivity index (χ4n) is 1.63. The van der Waals surface area contributed by atoms with Gasteiger partial charge in [0.25, 0.3) is 5.22 Å². The molecule has 0 aliphatic rings. The van der Waals surface area contributed by atoms with Gasteiger partial charge >= 0.3 is 5.69 Å². The van der Waals surface area contributed by atoms with Crippen LogP contribution in [0.5, 0.6) is 0 Å². The molecule has 23 heavy (non-hydrogen) atoms. The molecule has 0 saturated heterocycles. The maximum absolute atomic E-state index is 11.7. The first kappa shape index (κ1) is 15.3. The number of rotatable bonds is 5. The Labute approximate surface area is 138 Å². The van der Waals surface area contributed by atoms with Crippen molar-refractivity contribution in [2.45, 2.75) is 5.22 Å². The lowest BCUT2D eigenvalue weighted by molar-refractivity contribution is -0.114. The average Bonchev–Trinajstić information content (AvgIpc) is 3.15. The van der Waals surface area contributed by atoms with Gasteiger partial charge in [0, 0.05) is 10.6 Å². The number of aromatic amines is 1. The van der Waals surface area contributed by atoms with Gasteiger partial charge in [-0.05, 0) is 18.2 Å². The maximum Gasteiger partial charge on any atom is 0.362 e. The Kier molecular flexibility index (Phi) is 4.44. The molecule has 11 heteroatoms. The molecule has 9 nitrogen and oxygen atoms in total. The van der Waals surface area contributed by atoms with Gasteiger partial charge in [-0.1, -0.05) is 29.4 Å². The van der Waals surface area contributed by atoms with E-state index >= 15 is 0 Å². The fourth-order valence-corrected chi connectivity index (χ4v) is 2.37. The zero-order valence-corrected chi connectivity index (χ0v) is 13.0. The summed E-state index contributed by atoms with van der Waals surface area (Å²) < 4.78 is 6.39. The number of halogens is 1. The molecule has 1 aromatic carbocycles. The SMILES string of the molecule is O=C(CSc1nnc(-c2cccc(Cl)c2)o1)Nn1cn[nH]c1=O. The largest absolute Gasteiger partial charge is 0.411 e. The van der Waals surface area contributed by atoms with Gasteiger partial charge in [-0.25, -0.2) is 9.89 Å². The predicted octanol–water partition coefficient (Wildman–Crippen LogP) is 1.14. The molecular weight excluding hydrogens is 344 g/mol. The Bertz CT molecular complexity index is 889. The summed E-state index contributed by atoms with van der Waals surface area (Å²) in [6.45, 7) is 0. The van der Waals surface area contributed by atoms with E-state index in [1.807, 2.05) is 0 Å². The second-order valence-electron chi connectivity index (χ2n) is 4.24. The molecule has 0 atom stereocenters. The van der Waals surface area contributed by atoms with Crippen molar-refractivity contribution in [3.05, 3.63) is 46.1 Å². The third-order valence-electron chi connectivity index (χ3n) is 2.60. The molecule has 0 aliphatic heterocycles. The highest BCUT2D eigenvalue weighted by Crippen LogP contribution is 2.24. The Morgan fingerprint density at radius 3 is 3.04 bits per heavy atom. The van der Waals surface area contributed by atoms with Crippen LogP contribution in [0.15, 0.2) is 45.0 Å². The number of thioether (sulfide) groups is 1. The zero-order chi connectivity index (χ0) is 16.2. The van der Waals surface area contributed by atoms with E-state index in [0.717, 1.165) is 22.8 Å². The molecule has 1 amide bonds. The predicted molar refractivity (Wildman–Crippen MR) is 82.7 cm³/mol. The quantitative estimate of drug-likeness (QED) is 0.661. The smallest absolute Gasteiger partial charge is 0.362 e. The first-order valence-electron chi connectivity index (χ1n) is 6.26. The van der Waals surface area contributed by atoms with E-state index in [9.17, 15) is 9.59 Å². The van der Waals surface area contributed by atoms with Crippen molar-refractivity contribution in [2.75, 3.05) is 11.2 Å². The lowest BCUT2D eigenvalue weighted by Crippen LogP contribution is -2.31. The molecule has 0 aliphatic carbocycles. The first-order valence-corrected chi connectivity index (χ1v) is 7.62. The van der Waals surface area contributed by atoms with E-state index in [0.29, 0.717) is 16.5 Å². The van der Waals surface area contributed by atoms with E-state index in [1.165, 1.54) is 0 Å². The van der Waals surface area contributed by atoms with Crippen LogP contribution in [0.1, 0.15) is 0 Å². The molecule has 118 valence electrons. The molecule has 3 aromatic rings. The summed E-state index contributed by atoms with van der Waals surface area (Å²) >= 11 is 6.95. The Balaban J connectivity index is 1.60. The van der Waals surface area contributed by atoms with Crippen molar-refractivity contribution >= 4 is 29.3 Å². The van der Waals surface area contributed by atoms with Crippen molar-refractivity contribution < 1.29 is 9.21 Å². The molecular formula is C12H9ClN6O3S. The minimum Gasteiger partial charge on any atom is -0.411 e. The fraction of sp³-hybridized carbons (Fsp3) is 0.0833. The van der Waals surface area contributed by atoms with Gasteiger partial charge in [0.15, 0.2) is 0 Å². The molecule has 0 spiro atoms. The van der Waals surface area contributed by atoms with E-state index in [-0.39, 0.29) is 11.0 Å². The number of benzene rings is 1. The standard InChI is InChI=1S/C12H9ClN6O3S/c13-8-3-1-2-7(4-8)10-15-17-12(22-10)23-5-9(20)18-19-6-14-16-11(19)21/h1-4,6H,5H2,(H,16,21)(H,18,20). The normalized spacial score (nSPS) is 10.7. The van der Waals surface area contributed by atoms with Crippen molar-refractivity contribution in [3.63, 3.8) is 0 Å². The molecule has 0 fully saturated rings. The molecule has 0 saturated carbocycles.